The highest BCUT2D eigenvalue weighted by atomic mass is 32.1. The van der Waals surface area contributed by atoms with Crippen molar-refractivity contribution in [3.63, 3.8) is 0 Å². The van der Waals surface area contributed by atoms with Gasteiger partial charge in [0.05, 0.1) is 6.54 Å². The zero-order valence-electron chi connectivity index (χ0n) is 16.1. The second kappa shape index (κ2) is 7.83. The Kier molecular flexibility index (Phi) is 5.26. The predicted octanol–water partition coefficient (Wildman–Crippen LogP) is 3.44. The second-order valence-electron chi connectivity index (χ2n) is 7.57. The molecule has 0 saturated carbocycles. The number of amides is 2. The minimum Gasteiger partial charge on any atom is -0.454 e. The summed E-state index contributed by atoms with van der Waals surface area (Å²) < 4.78 is 10.8. The third kappa shape index (κ3) is 3.71. The van der Waals surface area contributed by atoms with Crippen LogP contribution in [0.1, 0.15) is 36.8 Å². The Morgan fingerprint density at radius 1 is 1.18 bits per heavy atom. The largest absolute Gasteiger partial charge is 0.454 e. The van der Waals surface area contributed by atoms with Crippen molar-refractivity contribution in [3.05, 3.63) is 46.2 Å². The average molecular weight is 401 g/mol. The first-order valence-corrected chi connectivity index (χ1v) is 10.4. The summed E-state index contributed by atoms with van der Waals surface area (Å²) in [6, 6.07) is 8.93. The fourth-order valence-electron chi connectivity index (χ4n) is 3.52. The van der Waals surface area contributed by atoms with Gasteiger partial charge in [-0.15, -0.1) is 11.3 Å². The average Bonchev–Trinajstić information content (AvgIpc) is 3.34. The molecule has 2 aliphatic rings. The molecule has 4 rings (SSSR count). The van der Waals surface area contributed by atoms with Gasteiger partial charge in [0.2, 0.25) is 12.7 Å². The first-order valence-electron chi connectivity index (χ1n) is 9.53. The van der Waals surface area contributed by atoms with Crippen molar-refractivity contribution in [3.8, 4) is 11.5 Å². The normalized spacial score (nSPS) is 19.0. The molecule has 1 saturated heterocycles. The molecule has 0 unspecified atom stereocenters. The van der Waals surface area contributed by atoms with Gasteiger partial charge in [-0.25, -0.2) is 0 Å². The van der Waals surface area contributed by atoms with E-state index in [4.69, 9.17) is 9.47 Å². The summed E-state index contributed by atoms with van der Waals surface area (Å²) in [6.07, 6.45) is 0.887. The number of fused-ring (bicyclic) bond motifs is 1. The van der Waals surface area contributed by atoms with Crippen molar-refractivity contribution in [1.82, 2.24) is 9.80 Å². The van der Waals surface area contributed by atoms with Gasteiger partial charge in [0.15, 0.2) is 11.5 Å². The van der Waals surface area contributed by atoms with E-state index in [0.29, 0.717) is 30.5 Å². The summed E-state index contributed by atoms with van der Waals surface area (Å²) in [4.78, 5) is 30.6. The molecule has 148 valence electrons. The van der Waals surface area contributed by atoms with Crippen LogP contribution in [-0.4, -0.2) is 41.5 Å². The lowest BCUT2D eigenvalue weighted by Crippen LogP contribution is -2.55. The highest BCUT2D eigenvalue weighted by Crippen LogP contribution is 2.35. The van der Waals surface area contributed by atoms with Gasteiger partial charge in [0, 0.05) is 18.0 Å². The van der Waals surface area contributed by atoms with Crippen LogP contribution in [-0.2, 0) is 16.1 Å². The molecular formula is C21H24N2O4S. The molecule has 2 aromatic rings. The molecule has 2 aliphatic heterocycles. The van der Waals surface area contributed by atoms with Gasteiger partial charge in [-0.05, 0) is 41.5 Å². The smallest absolute Gasteiger partial charge is 0.251 e. The summed E-state index contributed by atoms with van der Waals surface area (Å²) in [5.74, 6) is 1.84. The number of thiophene rings is 1. The van der Waals surface area contributed by atoms with Gasteiger partial charge in [-0.2, -0.15) is 0 Å². The summed E-state index contributed by atoms with van der Waals surface area (Å²) in [6.45, 7) is 5.57. The number of hydrogen-bond donors (Lipinski definition) is 0. The van der Waals surface area contributed by atoms with Crippen LogP contribution >= 0.6 is 11.3 Å². The van der Waals surface area contributed by atoms with Gasteiger partial charge in [-0.3, -0.25) is 9.59 Å². The van der Waals surface area contributed by atoms with Crippen LogP contribution in [0.5, 0.6) is 11.5 Å². The molecule has 1 atom stereocenters. The predicted molar refractivity (Wildman–Crippen MR) is 106 cm³/mol. The van der Waals surface area contributed by atoms with Gasteiger partial charge < -0.3 is 19.3 Å². The zero-order chi connectivity index (χ0) is 19.7. The number of carbonyl (C=O) groups excluding carboxylic acids is 2. The Bertz CT molecular complexity index is 865. The third-order valence-electron chi connectivity index (χ3n) is 5.08. The number of benzene rings is 1. The van der Waals surface area contributed by atoms with Crippen molar-refractivity contribution in [2.24, 2.45) is 5.92 Å². The van der Waals surface area contributed by atoms with E-state index in [0.717, 1.165) is 16.9 Å². The molecule has 2 amide bonds. The monoisotopic (exact) mass is 400 g/mol. The molecule has 0 spiro atoms. The molecule has 0 radical (unpaired) electrons. The molecule has 1 aromatic heterocycles. The first-order chi connectivity index (χ1) is 13.5. The summed E-state index contributed by atoms with van der Waals surface area (Å²) >= 11 is 1.51. The molecule has 0 N–H and O–H groups in total. The van der Waals surface area contributed by atoms with Crippen molar-refractivity contribution in [2.45, 2.75) is 32.9 Å². The topological polar surface area (TPSA) is 59.1 Å². The lowest BCUT2D eigenvalue weighted by molar-refractivity contribution is -0.157. The second-order valence-corrected chi connectivity index (χ2v) is 8.55. The van der Waals surface area contributed by atoms with Crippen LogP contribution in [0.4, 0.5) is 0 Å². The summed E-state index contributed by atoms with van der Waals surface area (Å²) in [7, 11) is 0. The van der Waals surface area contributed by atoms with E-state index in [1.165, 1.54) is 11.3 Å². The maximum atomic E-state index is 13.3. The van der Waals surface area contributed by atoms with E-state index in [1.54, 1.807) is 9.80 Å². The van der Waals surface area contributed by atoms with Crippen molar-refractivity contribution < 1.29 is 19.1 Å². The fourth-order valence-corrected chi connectivity index (χ4v) is 4.35. The van der Waals surface area contributed by atoms with Crippen LogP contribution in [0.2, 0.25) is 0 Å². The Hall–Kier alpha value is -2.54. The van der Waals surface area contributed by atoms with E-state index in [9.17, 15) is 9.59 Å². The minimum absolute atomic E-state index is 0.00319. The number of nitrogens with zero attached hydrogens (tertiary/aromatic N) is 2. The SMILES string of the molecule is CC(C)CCN1CC(=O)N(Cc2ccc3c(c2)OCO3)[C@@H](c2cccs2)C1=O. The summed E-state index contributed by atoms with van der Waals surface area (Å²) in [5, 5.41) is 1.94. The van der Waals surface area contributed by atoms with E-state index in [2.05, 4.69) is 13.8 Å². The third-order valence-corrected chi connectivity index (χ3v) is 6.01. The molecule has 0 bridgehead atoms. The van der Waals surface area contributed by atoms with Gasteiger partial charge in [0.1, 0.15) is 6.04 Å². The molecule has 28 heavy (non-hydrogen) atoms. The fraction of sp³-hybridized carbons (Fsp3) is 0.429. The Morgan fingerprint density at radius 2 is 2.00 bits per heavy atom. The number of piperazine rings is 1. The Balaban J connectivity index is 1.59. The molecule has 6 nitrogen and oxygen atoms in total. The molecule has 7 heteroatoms. The van der Waals surface area contributed by atoms with Crippen LogP contribution in [0.3, 0.4) is 0 Å². The van der Waals surface area contributed by atoms with Gasteiger partial charge in [-0.1, -0.05) is 26.0 Å². The number of carbonyl (C=O) groups is 2. The molecule has 3 heterocycles. The Morgan fingerprint density at radius 3 is 2.75 bits per heavy atom. The van der Waals surface area contributed by atoms with E-state index in [-0.39, 0.29) is 25.2 Å². The zero-order valence-corrected chi connectivity index (χ0v) is 16.9. The van der Waals surface area contributed by atoms with Crippen LogP contribution in [0, 0.1) is 5.92 Å². The maximum absolute atomic E-state index is 13.3. The number of ether oxygens (including phenoxy) is 2. The van der Waals surface area contributed by atoms with E-state index >= 15 is 0 Å². The maximum Gasteiger partial charge on any atom is 0.251 e. The van der Waals surface area contributed by atoms with Gasteiger partial charge >= 0.3 is 0 Å². The first kappa shape index (κ1) is 18.8. The Labute approximate surface area is 168 Å². The van der Waals surface area contributed by atoms with Crippen LogP contribution < -0.4 is 9.47 Å². The minimum atomic E-state index is -0.571. The molecule has 1 fully saturated rings. The standard InChI is InChI=1S/C21H24N2O4S/c1-14(2)7-8-22-12-19(24)23(20(21(22)25)18-4-3-9-28-18)11-15-5-6-16-17(10-15)27-13-26-16/h3-6,9-10,14,20H,7-8,11-13H2,1-2H3/t20-/m0/s1. The highest BCUT2D eigenvalue weighted by Gasteiger charge is 2.40. The van der Waals surface area contributed by atoms with Gasteiger partial charge in [0.25, 0.3) is 5.91 Å². The van der Waals surface area contributed by atoms with E-state index in [1.807, 2.05) is 35.7 Å². The quantitative estimate of drug-likeness (QED) is 0.745. The van der Waals surface area contributed by atoms with Crippen LogP contribution in [0.25, 0.3) is 0 Å². The van der Waals surface area contributed by atoms with Crippen LogP contribution in [0.15, 0.2) is 35.7 Å². The molecular weight excluding hydrogens is 376 g/mol. The number of rotatable bonds is 6. The molecule has 1 aromatic carbocycles. The lowest BCUT2D eigenvalue weighted by Gasteiger charge is -2.40. The molecule has 0 aliphatic carbocycles. The van der Waals surface area contributed by atoms with E-state index < -0.39 is 6.04 Å². The number of hydrogen-bond acceptors (Lipinski definition) is 5. The van der Waals surface area contributed by atoms with Crippen molar-refractivity contribution >= 4 is 23.2 Å². The highest BCUT2D eigenvalue weighted by molar-refractivity contribution is 7.10. The van der Waals surface area contributed by atoms with Crippen molar-refractivity contribution in [1.29, 1.82) is 0 Å². The summed E-state index contributed by atoms with van der Waals surface area (Å²) in [5.41, 5.74) is 0.919. The van der Waals surface area contributed by atoms with Crippen molar-refractivity contribution in [2.75, 3.05) is 19.9 Å². The lowest BCUT2D eigenvalue weighted by atomic mass is 10.0.